The standard InChI is InChI=1S/C23H25ClN2O9S/c24-15-5-3-4-14(10-15)18(22(31)26-16(13-27)11-21(29)30)6-1-2-9-25-36(34,35)17-7-8-20(28)19(12-17)23(32)33/h3-5,7-8,10,12-13,16,18,25,28H,1-2,6,9,11H2,(H,26,31)(H,29,30)(H,32,33)/t16-,18?/m0/s1. The highest BCUT2D eigenvalue weighted by Gasteiger charge is 2.24. The van der Waals surface area contributed by atoms with Crippen LogP contribution in [0.3, 0.4) is 0 Å². The highest BCUT2D eigenvalue weighted by molar-refractivity contribution is 7.89. The highest BCUT2D eigenvalue weighted by atomic mass is 35.5. The summed E-state index contributed by atoms with van der Waals surface area (Å²) in [5.41, 5.74) is -0.00405. The van der Waals surface area contributed by atoms with Crippen LogP contribution in [0.5, 0.6) is 5.75 Å². The normalized spacial score (nSPS) is 12.9. The Kier molecular flexibility index (Phi) is 10.4. The lowest BCUT2D eigenvalue weighted by Crippen LogP contribution is -2.40. The summed E-state index contributed by atoms with van der Waals surface area (Å²) < 4.78 is 27.3. The SMILES string of the molecule is O=C[C@H](CC(=O)O)NC(=O)C(CCCCNS(=O)(=O)c1ccc(O)c(C(=O)O)c1)c1cccc(Cl)c1. The molecule has 0 aromatic heterocycles. The van der Waals surface area contributed by atoms with Crippen LogP contribution in [0.1, 0.15) is 47.5 Å². The highest BCUT2D eigenvalue weighted by Crippen LogP contribution is 2.26. The third-order valence-electron chi connectivity index (χ3n) is 5.17. The third-order valence-corrected chi connectivity index (χ3v) is 6.87. The fourth-order valence-corrected chi connectivity index (χ4v) is 4.69. The number of aromatic hydroxyl groups is 1. The second-order valence-corrected chi connectivity index (χ2v) is 10.0. The summed E-state index contributed by atoms with van der Waals surface area (Å²) in [6, 6.07) is 8.19. The van der Waals surface area contributed by atoms with Crippen molar-refractivity contribution in [2.45, 2.75) is 42.5 Å². The number of hydrogen-bond donors (Lipinski definition) is 5. The van der Waals surface area contributed by atoms with E-state index in [1.165, 1.54) is 0 Å². The van der Waals surface area contributed by atoms with E-state index in [0.29, 0.717) is 29.7 Å². The van der Waals surface area contributed by atoms with E-state index < -0.39 is 57.6 Å². The van der Waals surface area contributed by atoms with Gasteiger partial charge in [-0.2, -0.15) is 0 Å². The molecule has 194 valence electrons. The minimum Gasteiger partial charge on any atom is -0.507 e. The van der Waals surface area contributed by atoms with Crippen molar-refractivity contribution >= 4 is 45.8 Å². The molecule has 2 atom stereocenters. The second-order valence-electron chi connectivity index (χ2n) is 7.83. The van der Waals surface area contributed by atoms with E-state index in [-0.39, 0.29) is 17.9 Å². The molecule has 11 nitrogen and oxygen atoms in total. The first kappa shape index (κ1) is 28.8. The maximum Gasteiger partial charge on any atom is 0.339 e. The zero-order valence-electron chi connectivity index (χ0n) is 18.9. The maximum atomic E-state index is 12.8. The van der Waals surface area contributed by atoms with E-state index in [9.17, 15) is 32.7 Å². The predicted molar refractivity (Wildman–Crippen MR) is 129 cm³/mol. The fraction of sp³-hybridized carbons (Fsp3) is 0.304. The molecule has 1 unspecified atom stereocenters. The first-order valence-electron chi connectivity index (χ1n) is 10.7. The summed E-state index contributed by atoms with van der Waals surface area (Å²) in [5, 5.41) is 30.3. The van der Waals surface area contributed by atoms with Crippen molar-refractivity contribution in [3.63, 3.8) is 0 Å². The topological polar surface area (TPSA) is 187 Å². The Labute approximate surface area is 212 Å². The van der Waals surface area contributed by atoms with Gasteiger partial charge in [-0.3, -0.25) is 9.59 Å². The van der Waals surface area contributed by atoms with Gasteiger partial charge in [-0.15, -0.1) is 0 Å². The number of carboxylic acid groups (broad SMARTS) is 2. The number of sulfonamides is 1. The third kappa shape index (κ3) is 8.33. The average Bonchev–Trinajstić information content (AvgIpc) is 2.80. The molecule has 1 amide bonds. The Balaban J connectivity index is 2.03. The van der Waals surface area contributed by atoms with Crippen LogP contribution >= 0.6 is 11.6 Å². The molecule has 0 saturated heterocycles. The van der Waals surface area contributed by atoms with Gasteiger partial charge in [0, 0.05) is 11.6 Å². The number of carbonyl (C=O) groups excluding carboxylic acids is 2. The largest absolute Gasteiger partial charge is 0.507 e. The zero-order valence-corrected chi connectivity index (χ0v) is 20.5. The van der Waals surface area contributed by atoms with Crippen LogP contribution in [0.2, 0.25) is 5.02 Å². The smallest absolute Gasteiger partial charge is 0.339 e. The van der Waals surface area contributed by atoms with Gasteiger partial charge in [0.05, 0.1) is 23.3 Å². The molecule has 0 aliphatic heterocycles. The number of aromatic carboxylic acids is 1. The Morgan fingerprint density at radius 3 is 2.39 bits per heavy atom. The van der Waals surface area contributed by atoms with Gasteiger partial charge in [-0.05, 0) is 48.7 Å². The molecule has 0 heterocycles. The minimum atomic E-state index is -4.05. The first-order chi connectivity index (χ1) is 16.9. The van der Waals surface area contributed by atoms with Crippen LogP contribution in [0, 0.1) is 0 Å². The monoisotopic (exact) mass is 540 g/mol. The Morgan fingerprint density at radius 1 is 1.06 bits per heavy atom. The van der Waals surface area contributed by atoms with Crippen LogP contribution in [0.15, 0.2) is 47.4 Å². The number of rotatable bonds is 14. The quantitative estimate of drug-likeness (QED) is 0.177. The Morgan fingerprint density at radius 2 is 1.78 bits per heavy atom. The van der Waals surface area contributed by atoms with Crippen LogP contribution < -0.4 is 10.0 Å². The van der Waals surface area contributed by atoms with Crippen molar-refractivity contribution in [1.82, 2.24) is 10.0 Å². The van der Waals surface area contributed by atoms with Crippen molar-refractivity contribution in [2.24, 2.45) is 0 Å². The van der Waals surface area contributed by atoms with E-state index in [1.807, 2.05) is 0 Å². The summed E-state index contributed by atoms with van der Waals surface area (Å²) in [7, 11) is -4.05. The Hall–Kier alpha value is -3.48. The summed E-state index contributed by atoms with van der Waals surface area (Å²) in [6.45, 7) is -0.0223. The van der Waals surface area contributed by atoms with Crippen LogP contribution in [-0.2, 0) is 24.4 Å². The van der Waals surface area contributed by atoms with E-state index in [0.717, 1.165) is 18.2 Å². The van der Waals surface area contributed by atoms with Gasteiger partial charge in [-0.25, -0.2) is 17.9 Å². The van der Waals surface area contributed by atoms with E-state index in [1.54, 1.807) is 24.3 Å². The van der Waals surface area contributed by atoms with E-state index in [4.69, 9.17) is 21.8 Å². The summed E-state index contributed by atoms with van der Waals surface area (Å²) in [4.78, 5) is 45.7. The molecular weight excluding hydrogens is 516 g/mol. The summed E-state index contributed by atoms with van der Waals surface area (Å²) in [6.07, 6.45) is 0.692. The number of nitrogens with one attached hydrogen (secondary N) is 2. The maximum absolute atomic E-state index is 12.8. The van der Waals surface area contributed by atoms with Crippen molar-refractivity contribution in [2.75, 3.05) is 6.54 Å². The van der Waals surface area contributed by atoms with Gasteiger partial charge < -0.3 is 25.4 Å². The lowest BCUT2D eigenvalue weighted by atomic mass is 9.92. The number of amides is 1. The van der Waals surface area contributed by atoms with Crippen molar-refractivity contribution < 1.29 is 42.9 Å². The Bertz CT molecular complexity index is 1230. The number of hydrogen-bond acceptors (Lipinski definition) is 7. The van der Waals surface area contributed by atoms with Crippen LogP contribution in [0.25, 0.3) is 0 Å². The molecule has 0 bridgehead atoms. The van der Waals surface area contributed by atoms with Gasteiger partial charge in [0.15, 0.2) is 0 Å². The number of carboxylic acids is 2. The number of phenols is 1. The molecule has 36 heavy (non-hydrogen) atoms. The molecule has 0 spiro atoms. The van der Waals surface area contributed by atoms with Gasteiger partial charge in [0.2, 0.25) is 15.9 Å². The van der Waals surface area contributed by atoms with Gasteiger partial charge in [0.25, 0.3) is 0 Å². The molecule has 0 saturated carbocycles. The first-order valence-corrected chi connectivity index (χ1v) is 12.6. The van der Waals surface area contributed by atoms with E-state index >= 15 is 0 Å². The summed E-state index contributed by atoms with van der Waals surface area (Å²) >= 11 is 6.03. The summed E-state index contributed by atoms with van der Waals surface area (Å²) in [5.74, 6) is -4.63. The number of halogens is 1. The van der Waals surface area contributed by atoms with Crippen molar-refractivity contribution in [3.8, 4) is 5.75 Å². The minimum absolute atomic E-state index is 0.0223. The zero-order chi connectivity index (χ0) is 26.9. The van der Waals surface area contributed by atoms with Crippen LogP contribution in [0.4, 0.5) is 0 Å². The fourth-order valence-electron chi connectivity index (χ4n) is 3.39. The predicted octanol–water partition coefficient (Wildman–Crippen LogP) is 2.13. The molecule has 13 heteroatoms. The number of aldehydes is 1. The van der Waals surface area contributed by atoms with Gasteiger partial charge in [0.1, 0.15) is 17.6 Å². The molecule has 0 aliphatic rings. The van der Waals surface area contributed by atoms with E-state index in [2.05, 4.69) is 10.0 Å². The second kappa shape index (κ2) is 13.0. The number of benzene rings is 2. The average molecular weight is 541 g/mol. The molecule has 0 aliphatic carbocycles. The molecule has 2 rings (SSSR count). The molecule has 0 radical (unpaired) electrons. The van der Waals surface area contributed by atoms with Gasteiger partial charge in [-0.1, -0.05) is 30.2 Å². The molecular formula is C23H25ClN2O9S. The van der Waals surface area contributed by atoms with Gasteiger partial charge >= 0.3 is 11.9 Å². The molecule has 5 N–H and O–H groups in total. The molecule has 0 fully saturated rings. The lowest BCUT2D eigenvalue weighted by molar-refractivity contribution is -0.138. The molecule has 2 aromatic carbocycles. The van der Waals surface area contributed by atoms with Crippen molar-refractivity contribution in [1.29, 1.82) is 0 Å². The number of aliphatic carboxylic acids is 1. The lowest BCUT2D eigenvalue weighted by Gasteiger charge is -2.20. The number of carbonyl (C=O) groups is 4. The van der Waals surface area contributed by atoms with Crippen molar-refractivity contribution in [3.05, 3.63) is 58.6 Å². The molecule has 2 aromatic rings. The van der Waals surface area contributed by atoms with Crippen LogP contribution in [-0.4, -0.2) is 60.5 Å². The number of unbranched alkanes of at least 4 members (excludes halogenated alkanes) is 1.